The van der Waals surface area contributed by atoms with Crippen molar-refractivity contribution >= 4 is 42.0 Å². The number of nitrogens with two attached hydrogens (primary N) is 3. The van der Waals surface area contributed by atoms with Gasteiger partial charge in [-0.1, -0.05) is 47.5 Å². The lowest BCUT2D eigenvalue weighted by atomic mass is 9.99. The molecule has 10 N–H and O–H groups in total. The highest BCUT2D eigenvalue weighted by Crippen LogP contribution is 2.08. The molecule has 0 saturated carbocycles. The van der Waals surface area contributed by atoms with Crippen LogP contribution in [0.15, 0.2) is 0 Å². The zero-order valence-electron chi connectivity index (χ0n) is 24.6. The summed E-state index contributed by atoms with van der Waals surface area (Å²) in [5, 5.41) is 15.6. The summed E-state index contributed by atoms with van der Waals surface area (Å²) >= 11 is 0. The van der Waals surface area contributed by atoms with E-state index in [1.165, 1.54) is 0 Å². The molecule has 5 atom stereocenters. The van der Waals surface area contributed by atoms with E-state index in [0.717, 1.165) is 6.42 Å². The van der Waals surface area contributed by atoms with Crippen molar-refractivity contribution in [3.8, 4) is 0 Å². The zero-order chi connectivity index (χ0) is 32.1. The van der Waals surface area contributed by atoms with Crippen LogP contribution in [-0.4, -0.2) is 77.9 Å². The minimum atomic E-state index is -1.22. The molecule has 0 aromatic heterocycles. The monoisotopic (exact) mass is 588 g/mol. The highest BCUT2D eigenvalue weighted by molar-refractivity contribution is 5.92. The Morgan fingerprint density at radius 2 is 1.34 bits per heavy atom. The predicted octanol–water partition coefficient (Wildman–Crippen LogP) is -0.319. The first-order valence-electron chi connectivity index (χ1n) is 13.6. The molecule has 0 aliphatic rings. The number of hydrogen-bond acceptors (Lipinski definition) is 9. The number of nitrogens with one attached hydrogen (secondary N) is 3. The van der Waals surface area contributed by atoms with Crippen LogP contribution in [0, 0.1) is 11.8 Å². The van der Waals surface area contributed by atoms with Gasteiger partial charge in [0.15, 0.2) is 0 Å². The molecule has 0 aliphatic carbocycles. The van der Waals surface area contributed by atoms with Crippen LogP contribution in [0.3, 0.4) is 0 Å². The van der Waals surface area contributed by atoms with Crippen LogP contribution >= 0.6 is 0 Å². The molecular weight excluding hydrogens is 540 g/mol. The third-order valence-electron chi connectivity index (χ3n) is 6.05. The number of carbonyl (C=O) groups is 7. The molecule has 0 fully saturated rings. The van der Waals surface area contributed by atoms with Gasteiger partial charge in [-0.25, -0.2) is 4.79 Å². The van der Waals surface area contributed by atoms with Gasteiger partial charge in [-0.2, -0.15) is 0 Å². The maximum Gasteiger partial charge on any atom is 0.407 e. The average molecular weight is 589 g/mol. The molecule has 0 aliphatic heterocycles. The van der Waals surface area contributed by atoms with Gasteiger partial charge in [0.2, 0.25) is 23.6 Å². The van der Waals surface area contributed by atoms with Crippen LogP contribution in [0.25, 0.3) is 0 Å². The number of unbranched alkanes of at least 4 members (excludes halogenated alkanes) is 1. The molecule has 41 heavy (non-hydrogen) atoms. The predicted molar refractivity (Wildman–Crippen MR) is 150 cm³/mol. The topological polar surface area (TPSA) is 263 Å². The SMILES string of the molecule is CC(C)[C@H](N)C(=O)O.CCCCOC(=O)N[C@@H](CCC(N)=O)C(=O)N[C@@H](CCC(N)=O)C(=O)N[C@H](C=O)[C@@H](C)CC. The molecular formula is C26H48N6O9. The average Bonchev–Trinajstić information content (AvgIpc) is 2.90. The lowest BCUT2D eigenvalue weighted by molar-refractivity contribution is -0.139. The second kappa shape index (κ2) is 22.0. The quantitative estimate of drug-likeness (QED) is 0.0763. The molecule has 236 valence electrons. The number of hydrogen-bond donors (Lipinski definition) is 7. The maximum atomic E-state index is 12.8. The van der Waals surface area contributed by atoms with E-state index in [0.29, 0.717) is 19.1 Å². The number of carboxylic acids is 1. The highest BCUT2D eigenvalue weighted by atomic mass is 16.5. The number of aldehydes is 1. The molecule has 0 unspecified atom stereocenters. The fourth-order valence-electron chi connectivity index (χ4n) is 2.99. The summed E-state index contributed by atoms with van der Waals surface area (Å²) in [6.45, 7) is 9.26. The fraction of sp³-hybridized carbons (Fsp3) is 0.731. The molecule has 0 bridgehead atoms. The lowest BCUT2D eigenvalue weighted by Gasteiger charge is -2.25. The van der Waals surface area contributed by atoms with Crippen LogP contribution in [-0.2, 0) is 33.5 Å². The molecule has 0 aromatic carbocycles. The first-order valence-corrected chi connectivity index (χ1v) is 13.6. The van der Waals surface area contributed by atoms with Gasteiger partial charge in [0.25, 0.3) is 0 Å². The standard InChI is InChI=1S/C21H37N5O7.C5H11NO2/c1-4-6-11-33-21(32)26-15(8-10-18(23)29)20(31)24-14(7-9-17(22)28)19(30)25-16(12-27)13(3)5-2;1-3(2)4(6)5(7)8/h12-16H,4-11H2,1-3H3,(H2,22,28)(H2,23,29)(H,24,31)(H,25,30)(H,26,32);3-4H,6H2,1-2H3,(H,7,8)/t13-,14-,15-,16+;4-/m00/s1. The zero-order valence-corrected chi connectivity index (χ0v) is 24.6. The maximum absolute atomic E-state index is 12.8. The van der Waals surface area contributed by atoms with E-state index < -0.39 is 59.9 Å². The summed E-state index contributed by atoms with van der Waals surface area (Å²) in [4.78, 5) is 81.3. The van der Waals surface area contributed by atoms with Crippen LogP contribution in [0.2, 0.25) is 0 Å². The number of alkyl carbamates (subject to hydrolysis) is 1. The van der Waals surface area contributed by atoms with Gasteiger partial charge in [-0.05, 0) is 31.1 Å². The van der Waals surface area contributed by atoms with Crippen molar-refractivity contribution in [2.75, 3.05) is 6.61 Å². The minimum absolute atomic E-state index is 0.0208. The number of carbonyl (C=O) groups excluding carboxylic acids is 6. The number of aliphatic carboxylic acids is 1. The van der Waals surface area contributed by atoms with Crippen molar-refractivity contribution in [2.24, 2.45) is 29.0 Å². The Morgan fingerprint density at radius 3 is 1.71 bits per heavy atom. The van der Waals surface area contributed by atoms with Crippen LogP contribution < -0.4 is 33.2 Å². The summed E-state index contributed by atoms with van der Waals surface area (Å²) in [5.74, 6) is -3.88. The molecule has 0 aromatic rings. The van der Waals surface area contributed by atoms with E-state index in [9.17, 15) is 33.6 Å². The third-order valence-corrected chi connectivity index (χ3v) is 6.05. The molecule has 15 nitrogen and oxygen atoms in total. The second-order valence-corrected chi connectivity index (χ2v) is 9.92. The number of rotatable bonds is 19. The molecule has 0 rings (SSSR count). The molecule has 0 saturated heterocycles. The molecule has 0 radical (unpaired) electrons. The molecule has 0 spiro atoms. The number of carboxylic acid groups (broad SMARTS) is 1. The highest BCUT2D eigenvalue weighted by Gasteiger charge is 2.29. The Kier molecular flexibility index (Phi) is 21.1. The van der Waals surface area contributed by atoms with Crippen LogP contribution in [0.4, 0.5) is 4.79 Å². The Labute approximate surface area is 241 Å². The first kappa shape index (κ1) is 39.4. The van der Waals surface area contributed by atoms with Gasteiger partial charge in [-0.3, -0.25) is 24.0 Å². The van der Waals surface area contributed by atoms with E-state index in [4.69, 9.17) is 27.0 Å². The Hall–Kier alpha value is -3.75. The van der Waals surface area contributed by atoms with Crippen molar-refractivity contribution in [2.45, 2.75) is 104 Å². The molecule has 15 heteroatoms. The van der Waals surface area contributed by atoms with Gasteiger partial charge >= 0.3 is 12.1 Å². The van der Waals surface area contributed by atoms with Crippen LogP contribution in [0.1, 0.15) is 79.6 Å². The smallest absolute Gasteiger partial charge is 0.407 e. The van der Waals surface area contributed by atoms with Gasteiger partial charge < -0.3 is 47.8 Å². The van der Waals surface area contributed by atoms with E-state index in [1.807, 2.05) is 13.8 Å². The Morgan fingerprint density at radius 1 is 0.854 bits per heavy atom. The van der Waals surface area contributed by atoms with Crippen molar-refractivity contribution in [3.05, 3.63) is 0 Å². The van der Waals surface area contributed by atoms with Crippen molar-refractivity contribution in [3.63, 3.8) is 0 Å². The summed E-state index contributed by atoms with van der Waals surface area (Å²) in [5.41, 5.74) is 15.5. The normalized spacial score (nSPS) is 14.1. The summed E-state index contributed by atoms with van der Waals surface area (Å²) in [6, 6.07) is -3.92. The summed E-state index contributed by atoms with van der Waals surface area (Å²) in [6.07, 6.45) is 1.15. The van der Waals surface area contributed by atoms with Gasteiger partial charge in [-0.15, -0.1) is 0 Å². The number of primary amides is 2. The summed E-state index contributed by atoms with van der Waals surface area (Å²) in [7, 11) is 0. The van der Waals surface area contributed by atoms with Crippen LogP contribution in [0.5, 0.6) is 0 Å². The Balaban J connectivity index is 0. The molecule has 5 amide bonds. The van der Waals surface area contributed by atoms with E-state index in [1.54, 1.807) is 20.8 Å². The fourth-order valence-corrected chi connectivity index (χ4v) is 2.99. The number of amides is 5. The molecule has 0 heterocycles. The summed E-state index contributed by atoms with van der Waals surface area (Å²) < 4.78 is 4.98. The largest absolute Gasteiger partial charge is 0.480 e. The van der Waals surface area contributed by atoms with Gasteiger partial charge in [0.1, 0.15) is 24.4 Å². The van der Waals surface area contributed by atoms with Gasteiger partial charge in [0.05, 0.1) is 12.6 Å². The van der Waals surface area contributed by atoms with Crippen molar-refractivity contribution < 1.29 is 43.4 Å². The van der Waals surface area contributed by atoms with E-state index in [-0.39, 0.29) is 44.1 Å². The minimum Gasteiger partial charge on any atom is -0.480 e. The number of ether oxygens (including phenoxy) is 1. The van der Waals surface area contributed by atoms with E-state index >= 15 is 0 Å². The van der Waals surface area contributed by atoms with E-state index in [2.05, 4.69) is 16.0 Å². The lowest BCUT2D eigenvalue weighted by Crippen LogP contribution is -2.56. The first-order chi connectivity index (χ1) is 19.1. The second-order valence-electron chi connectivity index (χ2n) is 9.92. The van der Waals surface area contributed by atoms with Crippen molar-refractivity contribution in [1.29, 1.82) is 0 Å². The Bertz CT molecular complexity index is 868. The van der Waals surface area contributed by atoms with Gasteiger partial charge in [0, 0.05) is 12.8 Å². The van der Waals surface area contributed by atoms with Crippen molar-refractivity contribution in [1.82, 2.24) is 16.0 Å². The third kappa shape index (κ3) is 19.0.